The lowest BCUT2D eigenvalue weighted by atomic mass is 10.1. The molecule has 1 aliphatic heterocycles. The van der Waals surface area contributed by atoms with Crippen LogP contribution in [0.1, 0.15) is 38.3 Å². The van der Waals surface area contributed by atoms with E-state index in [9.17, 15) is 0 Å². The van der Waals surface area contributed by atoms with Crippen LogP contribution in [0, 0.1) is 5.92 Å². The van der Waals surface area contributed by atoms with E-state index in [1.54, 1.807) is 0 Å². The smallest absolute Gasteiger partial charge is 0.127 e. The average molecular weight is 235 g/mol. The zero-order chi connectivity index (χ0) is 12.3. The Morgan fingerprint density at radius 1 is 1.53 bits per heavy atom. The molecule has 1 aromatic rings. The minimum absolute atomic E-state index is 0.0121. The zero-order valence-electron chi connectivity index (χ0n) is 10.6. The number of fused-ring (bicyclic) bond motifs is 1. The molecule has 2 atom stereocenters. The van der Waals surface area contributed by atoms with E-state index in [0.717, 1.165) is 23.7 Å². The van der Waals surface area contributed by atoms with E-state index in [1.165, 1.54) is 12.8 Å². The number of nitrogens with two attached hydrogens (primary N) is 1. The van der Waals surface area contributed by atoms with Gasteiger partial charge in [0, 0.05) is 11.6 Å². The molecule has 0 aliphatic carbocycles. The third-order valence-corrected chi connectivity index (χ3v) is 3.12. The quantitative estimate of drug-likeness (QED) is 0.853. The van der Waals surface area contributed by atoms with Crippen molar-refractivity contribution in [3.63, 3.8) is 0 Å². The van der Waals surface area contributed by atoms with Gasteiger partial charge >= 0.3 is 0 Å². The monoisotopic (exact) mass is 235 g/mol. The molecule has 2 rings (SSSR count). The van der Waals surface area contributed by atoms with Crippen molar-refractivity contribution >= 4 is 0 Å². The van der Waals surface area contributed by atoms with Crippen LogP contribution in [-0.2, 0) is 0 Å². The topological polar surface area (TPSA) is 44.5 Å². The summed E-state index contributed by atoms with van der Waals surface area (Å²) in [6.45, 7) is 5.74. The van der Waals surface area contributed by atoms with Crippen molar-refractivity contribution in [3.05, 3.63) is 23.8 Å². The Kier molecular flexibility index (Phi) is 3.89. The van der Waals surface area contributed by atoms with Crippen LogP contribution in [0.5, 0.6) is 11.5 Å². The molecule has 0 amide bonds. The molecule has 0 saturated heterocycles. The Morgan fingerprint density at radius 3 is 3.12 bits per heavy atom. The third kappa shape index (κ3) is 2.91. The highest BCUT2D eigenvalue weighted by Gasteiger charge is 2.20. The summed E-state index contributed by atoms with van der Waals surface area (Å²) in [6, 6.07) is 5.94. The summed E-state index contributed by atoms with van der Waals surface area (Å²) in [5.41, 5.74) is 6.97. The van der Waals surface area contributed by atoms with E-state index >= 15 is 0 Å². The van der Waals surface area contributed by atoms with Gasteiger partial charge < -0.3 is 15.2 Å². The normalized spacial score (nSPS) is 19.6. The van der Waals surface area contributed by atoms with Gasteiger partial charge in [0.1, 0.15) is 18.1 Å². The van der Waals surface area contributed by atoms with E-state index < -0.39 is 0 Å². The van der Waals surface area contributed by atoms with Gasteiger partial charge in [-0.2, -0.15) is 0 Å². The fraction of sp³-hybridized carbons (Fsp3) is 0.571. The highest BCUT2D eigenvalue weighted by Crippen LogP contribution is 2.34. The van der Waals surface area contributed by atoms with Gasteiger partial charge in [0.15, 0.2) is 0 Å². The van der Waals surface area contributed by atoms with Crippen LogP contribution in [0.3, 0.4) is 0 Å². The summed E-state index contributed by atoms with van der Waals surface area (Å²) in [6.07, 6.45) is 2.40. The van der Waals surface area contributed by atoms with Crippen molar-refractivity contribution in [1.82, 2.24) is 0 Å². The first kappa shape index (κ1) is 12.2. The summed E-state index contributed by atoms with van der Waals surface area (Å²) in [5.74, 6) is 2.34. The lowest BCUT2D eigenvalue weighted by molar-refractivity contribution is 0.250. The SMILES string of the molecule is CCCC(C)COc1ccc2c(c1)OCC2N. The Labute approximate surface area is 103 Å². The molecule has 0 spiro atoms. The Bertz CT molecular complexity index is 378. The number of ether oxygens (including phenoxy) is 2. The molecule has 0 bridgehead atoms. The minimum Gasteiger partial charge on any atom is -0.493 e. The lowest BCUT2D eigenvalue weighted by Crippen LogP contribution is -2.10. The molecule has 17 heavy (non-hydrogen) atoms. The van der Waals surface area contributed by atoms with Crippen molar-refractivity contribution < 1.29 is 9.47 Å². The van der Waals surface area contributed by atoms with Gasteiger partial charge in [0.25, 0.3) is 0 Å². The average Bonchev–Trinajstić information content (AvgIpc) is 2.69. The lowest BCUT2D eigenvalue weighted by Gasteiger charge is -2.12. The van der Waals surface area contributed by atoms with Crippen molar-refractivity contribution in [1.29, 1.82) is 0 Å². The number of hydrogen-bond acceptors (Lipinski definition) is 3. The molecule has 0 aromatic heterocycles. The first-order valence-corrected chi connectivity index (χ1v) is 6.35. The van der Waals surface area contributed by atoms with E-state index in [4.69, 9.17) is 15.2 Å². The number of hydrogen-bond donors (Lipinski definition) is 1. The van der Waals surface area contributed by atoms with Crippen LogP contribution < -0.4 is 15.2 Å². The summed E-state index contributed by atoms with van der Waals surface area (Å²) < 4.78 is 11.3. The van der Waals surface area contributed by atoms with Crippen LogP contribution in [0.2, 0.25) is 0 Å². The van der Waals surface area contributed by atoms with Gasteiger partial charge in [-0.25, -0.2) is 0 Å². The molecule has 1 aliphatic rings. The molecular formula is C14H21NO2. The molecule has 3 nitrogen and oxygen atoms in total. The van der Waals surface area contributed by atoms with Gasteiger partial charge in [0.05, 0.1) is 12.6 Å². The molecule has 2 N–H and O–H groups in total. The molecule has 0 saturated carbocycles. The zero-order valence-corrected chi connectivity index (χ0v) is 10.6. The predicted molar refractivity (Wildman–Crippen MR) is 68.4 cm³/mol. The molecule has 0 radical (unpaired) electrons. The molecule has 1 heterocycles. The maximum absolute atomic E-state index is 5.89. The van der Waals surface area contributed by atoms with Crippen LogP contribution >= 0.6 is 0 Å². The van der Waals surface area contributed by atoms with Crippen molar-refractivity contribution in [3.8, 4) is 11.5 Å². The Hall–Kier alpha value is -1.22. The van der Waals surface area contributed by atoms with E-state index in [-0.39, 0.29) is 6.04 Å². The van der Waals surface area contributed by atoms with Gasteiger partial charge in [-0.15, -0.1) is 0 Å². The standard InChI is InChI=1S/C14H21NO2/c1-3-4-10(2)8-16-11-5-6-12-13(15)9-17-14(12)7-11/h5-7,10,13H,3-4,8-9,15H2,1-2H3. The van der Waals surface area contributed by atoms with E-state index in [1.807, 2.05) is 18.2 Å². The summed E-state index contributed by atoms with van der Waals surface area (Å²) >= 11 is 0. The first-order chi connectivity index (χ1) is 8.20. The van der Waals surface area contributed by atoms with Gasteiger partial charge in [-0.1, -0.05) is 20.3 Å². The maximum Gasteiger partial charge on any atom is 0.127 e. The fourth-order valence-electron chi connectivity index (χ4n) is 2.12. The molecule has 94 valence electrons. The molecule has 3 heteroatoms. The maximum atomic E-state index is 5.89. The van der Waals surface area contributed by atoms with Crippen LogP contribution in [-0.4, -0.2) is 13.2 Å². The highest BCUT2D eigenvalue weighted by atomic mass is 16.5. The van der Waals surface area contributed by atoms with E-state index in [0.29, 0.717) is 12.5 Å². The summed E-state index contributed by atoms with van der Waals surface area (Å²) in [7, 11) is 0. The second-order valence-corrected chi connectivity index (χ2v) is 4.82. The number of benzene rings is 1. The second-order valence-electron chi connectivity index (χ2n) is 4.82. The van der Waals surface area contributed by atoms with Gasteiger partial charge in [0.2, 0.25) is 0 Å². The minimum atomic E-state index is 0.0121. The van der Waals surface area contributed by atoms with Crippen LogP contribution in [0.25, 0.3) is 0 Å². The fourth-order valence-corrected chi connectivity index (χ4v) is 2.12. The van der Waals surface area contributed by atoms with Crippen LogP contribution in [0.15, 0.2) is 18.2 Å². The van der Waals surface area contributed by atoms with Gasteiger partial charge in [-0.3, -0.25) is 0 Å². The second kappa shape index (κ2) is 5.41. The number of rotatable bonds is 5. The largest absolute Gasteiger partial charge is 0.493 e. The van der Waals surface area contributed by atoms with E-state index in [2.05, 4.69) is 13.8 Å². The van der Waals surface area contributed by atoms with Gasteiger partial charge in [-0.05, 0) is 24.5 Å². The summed E-state index contributed by atoms with van der Waals surface area (Å²) in [5, 5.41) is 0. The van der Waals surface area contributed by atoms with Crippen molar-refractivity contribution in [2.75, 3.05) is 13.2 Å². The third-order valence-electron chi connectivity index (χ3n) is 3.12. The first-order valence-electron chi connectivity index (χ1n) is 6.35. The molecule has 1 aromatic carbocycles. The predicted octanol–water partition coefficient (Wildman–Crippen LogP) is 2.89. The summed E-state index contributed by atoms with van der Waals surface area (Å²) in [4.78, 5) is 0. The van der Waals surface area contributed by atoms with Crippen molar-refractivity contribution in [2.45, 2.75) is 32.7 Å². The molecule has 0 fully saturated rings. The Balaban J connectivity index is 1.94. The molecule has 2 unspecified atom stereocenters. The highest BCUT2D eigenvalue weighted by molar-refractivity contribution is 5.44. The van der Waals surface area contributed by atoms with Crippen LogP contribution in [0.4, 0.5) is 0 Å². The molecular weight excluding hydrogens is 214 g/mol. The Morgan fingerprint density at radius 2 is 2.35 bits per heavy atom. The van der Waals surface area contributed by atoms with Crippen molar-refractivity contribution in [2.24, 2.45) is 11.7 Å².